The molecule has 1 unspecified atom stereocenters. The molecule has 1 aliphatic heterocycles. The van der Waals surface area contributed by atoms with Crippen molar-refractivity contribution in [2.24, 2.45) is 11.1 Å². The summed E-state index contributed by atoms with van der Waals surface area (Å²) < 4.78 is 0. The first-order valence-electron chi connectivity index (χ1n) is 6.68. The molecule has 1 fully saturated rings. The third-order valence-electron chi connectivity index (χ3n) is 5.52. The van der Waals surface area contributed by atoms with E-state index in [9.17, 15) is 0 Å². The van der Waals surface area contributed by atoms with Crippen LogP contribution in [0.4, 0.5) is 0 Å². The highest BCUT2D eigenvalue weighted by Crippen LogP contribution is 2.51. The monoisotopic (exact) mass is 227 g/mol. The fourth-order valence-corrected chi connectivity index (χ4v) is 10.2. The average Bonchev–Trinajstić information content (AvgIpc) is 2.22. The summed E-state index contributed by atoms with van der Waals surface area (Å²) in [7, 11) is -1.24. The van der Waals surface area contributed by atoms with Gasteiger partial charge < -0.3 is 5.73 Å². The standard InChI is InChI=1S/C13H29NSi/c1-6-13(14)12(4,5)10-9-11-15(13,7-2)8-3/h6-11,14H2,1-5H3. The molecule has 0 amide bonds. The van der Waals surface area contributed by atoms with Crippen LogP contribution in [0, 0.1) is 5.41 Å². The average molecular weight is 227 g/mol. The van der Waals surface area contributed by atoms with E-state index in [1.165, 1.54) is 37.4 Å². The van der Waals surface area contributed by atoms with E-state index >= 15 is 0 Å². The van der Waals surface area contributed by atoms with Gasteiger partial charge in [-0.25, -0.2) is 0 Å². The quantitative estimate of drug-likeness (QED) is 0.726. The van der Waals surface area contributed by atoms with Crippen LogP contribution in [0.2, 0.25) is 18.1 Å². The predicted octanol–water partition coefficient (Wildman–Crippen LogP) is 3.94. The van der Waals surface area contributed by atoms with Crippen molar-refractivity contribution in [2.45, 2.75) is 77.2 Å². The second-order valence-electron chi connectivity index (χ2n) is 6.05. The molecule has 90 valence electrons. The van der Waals surface area contributed by atoms with Crippen molar-refractivity contribution < 1.29 is 0 Å². The fourth-order valence-electron chi connectivity index (χ4n) is 4.12. The fraction of sp³-hybridized carbons (Fsp3) is 1.00. The van der Waals surface area contributed by atoms with Crippen molar-refractivity contribution in [1.29, 1.82) is 0 Å². The molecule has 1 saturated heterocycles. The summed E-state index contributed by atoms with van der Waals surface area (Å²) in [5.41, 5.74) is 7.26. The van der Waals surface area contributed by atoms with E-state index < -0.39 is 8.07 Å². The lowest BCUT2D eigenvalue weighted by Crippen LogP contribution is -2.72. The van der Waals surface area contributed by atoms with Crippen molar-refractivity contribution >= 4 is 8.07 Å². The predicted molar refractivity (Wildman–Crippen MR) is 71.7 cm³/mol. The minimum atomic E-state index is -1.24. The highest BCUT2D eigenvalue weighted by atomic mass is 28.3. The first-order chi connectivity index (χ1) is 6.89. The zero-order valence-corrected chi connectivity index (χ0v) is 12.3. The Hall–Kier alpha value is 0.177. The summed E-state index contributed by atoms with van der Waals surface area (Å²) in [6.45, 7) is 11.9. The van der Waals surface area contributed by atoms with Crippen molar-refractivity contribution in [3.63, 3.8) is 0 Å². The Bertz CT molecular complexity index is 221. The third kappa shape index (κ3) is 1.70. The summed E-state index contributed by atoms with van der Waals surface area (Å²) in [5.74, 6) is 0. The first-order valence-corrected chi connectivity index (χ1v) is 9.30. The van der Waals surface area contributed by atoms with E-state index in [1.54, 1.807) is 0 Å². The van der Waals surface area contributed by atoms with Crippen LogP contribution in [-0.2, 0) is 0 Å². The molecular weight excluding hydrogens is 198 g/mol. The third-order valence-corrected chi connectivity index (χ3v) is 12.5. The molecule has 0 saturated carbocycles. The van der Waals surface area contributed by atoms with Crippen LogP contribution in [0.25, 0.3) is 0 Å². The summed E-state index contributed by atoms with van der Waals surface area (Å²) in [4.78, 5) is 0. The zero-order chi connectivity index (χ0) is 11.7. The van der Waals surface area contributed by atoms with Gasteiger partial charge in [0.2, 0.25) is 0 Å². The molecule has 0 aromatic carbocycles. The van der Waals surface area contributed by atoms with Gasteiger partial charge in [0, 0.05) is 5.16 Å². The molecule has 0 spiro atoms. The molecule has 0 bridgehead atoms. The SMILES string of the molecule is CCC1(N)C(C)(C)CCC[Si]1(CC)CC. The van der Waals surface area contributed by atoms with Crippen LogP contribution < -0.4 is 5.73 Å². The second kappa shape index (κ2) is 4.21. The Morgan fingerprint density at radius 1 is 1.13 bits per heavy atom. The molecule has 2 N–H and O–H groups in total. The molecule has 1 aliphatic rings. The van der Waals surface area contributed by atoms with E-state index in [0.29, 0.717) is 5.41 Å². The van der Waals surface area contributed by atoms with Gasteiger partial charge in [-0.1, -0.05) is 59.2 Å². The Balaban J connectivity index is 3.15. The Morgan fingerprint density at radius 3 is 2.00 bits per heavy atom. The molecule has 0 radical (unpaired) electrons. The summed E-state index contributed by atoms with van der Waals surface area (Å²) in [5, 5.41) is 0.168. The van der Waals surface area contributed by atoms with Gasteiger partial charge in [-0.3, -0.25) is 0 Å². The van der Waals surface area contributed by atoms with E-state index in [-0.39, 0.29) is 5.16 Å². The molecule has 1 atom stereocenters. The van der Waals surface area contributed by atoms with Crippen LogP contribution in [-0.4, -0.2) is 13.2 Å². The van der Waals surface area contributed by atoms with E-state index in [4.69, 9.17) is 5.73 Å². The van der Waals surface area contributed by atoms with Gasteiger partial charge >= 0.3 is 0 Å². The lowest BCUT2D eigenvalue weighted by Gasteiger charge is -2.59. The normalized spacial score (nSPS) is 34.0. The minimum Gasteiger partial charge on any atom is -0.327 e. The summed E-state index contributed by atoms with van der Waals surface area (Å²) in [6, 6.07) is 4.21. The topological polar surface area (TPSA) is 26.0 Å². The first kappa shape index (κ1) is 13.2. The van der Waals surface area contributed by atoms with Gasteiger partial charge in [0.15, 0.2) is 0 Å². The van der Waals surface area contributed by atoms with Gasteiger partial charge in [-0.15, -0.1) is 0 Å². The van der Waals surface area contributed by atoms with Gasteiger partial charge in [-0.2, -0.15) is 0 Å². The van der Waals surface area contributed by atoms with Gasteiger partial charge in [0.1, 0.15) is 0 Å². The highest BCUT2D eigenvalue weighted by Gasteiger charge is 2.56. The largest absolute Gasteiger partial charge is 0.327 e. The van der Waals surface area contributed by atoms with Gasteiger partial charge in [0.05, 0.1) is 8.07 Å². The summed E-state index contributed by atoms with van der Waals surface area (Å²) >= 11 is 0. The maximum atomic E-state index is 6.90. The second-order valence-corrected chi connectivity index (χ2v) is 11.4. The summed E-state index contributed by atoms with van der Waals surface area (Å²) in [6.07, 6.45) is 3.92. The molecular formula is C13H29NSi. The smallest absolute Gasteiger partial charge is 0.0764 e. The van der Waals surface area contributed by atoms with E-state index in [1.807, 2.05) is 0 Å². The van der Waals surface area contributed by atoms with Crippen LogP contribution in [0.1, 0.15) is 53.9 Å². The molecule has 1 rings (SSSR count). The zero-order valence-electron chi connectivity index (χ0n) is 11.3. The minimum absolute atomic E-state index is 0.168. The lowest BCUT2D eigenvalue weighted by atomic mass is 9.78. The van der Waals surface area contributed by atoms with Crippen molar-refractivity contribution in [1.82, 2.24) is 0 Å². The van der Waals surface area contributed by atoms with Crippen LogP contribution in [0.3, 0.4) is 0 Å². The molecule has 1 heterocycles. The van der Waals surface area contributed by atoms with Gasteiger partial charge in [-0.05, 0) is 18.3 Å². The van der Waals surface area contributed by atoms with Crippen molar-refractivity contribution in [3.8, 4) is 0 Å². The molecule has 0 aliphatic carbocycles. The molecule has 1 nitrogen and oxygen atoms in total. The van der Waals surface area contributed by atoms with Crippen LogP contribution >= 0.6 is 0 Å². The van der Waals surface area contributed by atoms with E-state index in [2.05, 4.69) is 34.6 Å². The number of nitrogens with two attached hydrogens (primary N) is 1. The Kier molecular flexibility index (Phi) is 3.72. The molecule has 0 aromatic rings. The van der Waals surface area contributed by atoms with E-state index in [0.717, 1.165) is 0 Å². The Morgan fingerprint density at radius 2 is 1.67 bits per heavy atom. The van der Waals surface area contributed by atoms with Crippen LogP contribution in [0.15, 0.2) is 0 Å². The number of hydrogen-bond acceptors (Lipinski definition) is 1. The number of rotatable bonds is 3. The van der Waals surface area contributed by atoms with Crippen LogP contribution in [0.5, 0.6) is 0 Å². The van der Waals surface area contributed by atoms with Crippen molar-refractivity contribution in [2.75, 3.05) is 0 Å². The van der Waals surface area contributed by atoms with Crippen molar-refractivity contribution in [3.05, 3.63) is 0 Å². The lowest BCUT2D eigenvalue weighted by molar-refractivity contribution is 0.189. The Labute approximate surface area is 96.8 Å². The molecule has 15 heavy (non-hydrogen) atoms. The molecule has 2 heteroatoms. The molecule has 0 aromatic heterocycles. The maximum absolute atomic E-state index is 6.90. The van der Waals surface area contributed by atoms with Gasteiger partial charge in [0.25, 0.3) is 0 Å². The highest BCUT2D eigenvalue weighted by molar-refractivity contribution is 6.83. The number of hydrogen-bond donors (Lipinski definition) is 1. The maximum Gasteiger partial charge on any atom is 0.0764 e.